The molecule has 1 aliphatic heterocycles. The molecule has 2 aromatic rings. The van der Waals surface area contributed by atoms with E-state index in [0.717, 1.165) is 12.5 Å². The number of hydrogen-bond donors (Lipinski definition) is 0. The van der Waals surface area contributed by atoms with Crippen LogP contribution in [-0.4, -0.2) is 29.6 Å². The Balaban J connectivity index is 1.76. The van der Waals surface area contributed by atoms with Crippen molar-refractivity contribution < 1.29 is 0 Å². The molecule has 17 heavy (non-hydrogen) atoms. The Kier molecular flexibility index (Phi) is 2.89. The maximum Gasteiger partial charge on any atom is 0.0659 e. The molecule has 0 atom stereocenters. The summed E-state index contributed by atoms with van der Waals surface area (Å²) in [5.74, 6) is 0.818. The number of fused-ring (bicyclic) bond motifs is 1. The second kappa shape index (κ2) is 4.53. The van der Waals surface area contributed by atoms with E-state index in [1.807, 2.05) is 0 Å². The maximum atomic E-state index is 3.38. The van der Waals surface area contributed by atoms with E-state index in [1.165, 1.54) is 36.8 Å². The van der Waals surface area contributed by atoms with E-state index in [-0.39, 0.29) is 0 Å². The zero-order valence-corrected chi connectivity index (χ0v) is 10.4. The summed E-state index contributed by atoms with van der Waals surface area (Å²) in [5.41, 5.74) is 1.33. The molecule has 0 bridgehead atoms. The third kappa shape index (κ3) is 2.22. The molecule has 0 amide bonds. The Hall–Kier alpha value is -1.28. The predicted octanol–water partition coefficient (Wildman–Crippen LogP) is 2.78. The van der Waals surface area contributed by atoms with Crippen LogP contribution in [0.3, 0.4) is 0 Å². The number of para-hydroxylation sites is 1. The lowest BCUT2D eigenvalue weighted by Gasteiger charge is -2.29. The van der Waals surface area contributed by atoms with Crippen LogP contribution in [0.4, 0.5) is 0 Å². The highest BCUT2D eigenvalue weighted by Crippen LogP contribution is 2.21. The third-order valence-corrected chi connectivity index (χ3v) is 3.88. The van der Waals surface area contributed by atoms with Crippen molar-refractivity contribution in [1.82, 2.24) is 9.47 Å². The van der Waals surface area contributed by atoms with Crippen LogP contribution in [0.2, 0.25) is 0 Å². The monoisotopic (exact) mass is 227 g/mol. The molecule has 2 heterocycles. The summed E-state index contributed by atoms with van der Waals surface area (Å²) in [6, 6.07) is 10.7. The van der Waals surface area contributed by atoms with E-state index in [1.54, 1.807) is 0 Å². The van der Waals surface area contributed by atoms with Gasteiger partial charge in [-0.25, -0.2) is 0 Å². The second-order valence-corrected chi connectivity index (χ2v) is 5.19. The van der Waals surface area contributed by atoms with Crippen molar-refractivity contribution in [1.29, 1.82) is 0 Å². The first-order valence-corrected chi connectivity index (χ1v) is 6.47. The number of likely N-dealkylation sites (tertiary alicyclic amines) is 1. The molecular formula is C15H19N2. The van der Waals surface area contributed by atoms with Crippen LogP contribution in [0.15, 0.2) is 30.3 Å². The fraction of sp³-hybridized carbons (Fsp3) is 0.467. The molecule has 0 unspecified atom stereocenters. The SMILES string of the molecule is CN1CCC(Cn2[c]cc3ccccc32)CC1. The van der Waals surface area contributed by atoms with E-state index < -0.39 is 0 Å². The van der Waals surface area contributed by atoms with Gasteiger partial charge in [0.2, 0.25) is 0 Å². The van der Waals surface area contributed by atoms with Crippen molar-refractivity contribution in [3.05, 3.63) is 36.5 Å². The smallest absolute Gasteiger partial charge is 0.0659 e. The van der Waals surface area contributed by atoms with Crippen molar-refractivity contribution in [3.63, 3.8) is 0 Å². The lowest BCUT2D eigenvalue weighted by molar-refractivity contribution is 0.206. The molecule has 3 rings (SSSR count). The zero-order chi connectivity index (χ0) is 11.7. The first-order valence-electron chi connectivity index (χ1n) is 6.47. The predicted molar refractivity (Wildman–Crippen MR) is 71.0 cm³/mol. The van der Waals surface area contributed by atoms with Crippen molar-refractivity contribution in [2.75, 3.05) is 20.1 Å². The van der Waals surface area contributed by atoms with Gasteiger partial charge >= 0.3 is 0 Å². The molecule has 1 aromatic heterocycles. The van der Waals surface area contributed by atoms with Crippen LogP contribution < -0.4 is 0 Å². The van der Waals surface area contributed by atoms with Crippen LogP contribution >= 0.6 is 0 Å². The van der Waals surface area contributed by atoms with E-state index in [4.69, 9.17) is 0 Å². The van der Waals surface area contributed by atoms with Crippen molar-refractivity contribution in [3.8, 4) is 0 Å². The number of benzene rings is 1. The fourth-order valence-corrected chi connectivity index (χ4v) is 2.73. The Bertz CT molecular complexity index is 492. The van der Waals surface area contributed by atoms with Gasteiger partial charge in [0.1, 0.15) is 0 Å². The molecule has 2 nitrogen and oxygen atoms in total. The minimum Gasteiger partial charge on any atom is -0.339 e. The fourth-order valence-electron chi connectivity index (χ4n) is 2.73. The van der Waals surface area contributed by atoms with Crippen LogP contribution in [0.1, 0.15) is 12.8 Å². The molecule has 1 aromatic carbocycles. The Morgan fingerprint density at radius 1 is 1.24 bits per heavy atom. The molecule has 1 saturated heterocycles. The number of aromatic nitrogens is 1. The number of rotatable bonds is 2. The molecule has 0 aliphatic carbocycles. The quantitative estimate of drug-likeness (QED) is 0.766. The van der Waals surface area contributed by atoms with Gasteiger partial charge in [0.15, 0.2) is 0 Å². The lowest BCUT2D eigenvalue weighted by atomic mass is 9.97. The summed E-state index contributed by atoms with van der Waals surface area (Å²) in [6.07, 6.45) is 6.01. The zero-order valence-electron chi connectivity index (χ0n) is 10.4. The summed E-state index contributed by atoms with van der Waals surface area (Å²) < 4.78 is 2.30. The summed E-state index contributed by atoms with van der Waals surface area (Å²) in [6.45, 7) is 3.61. The minimum atomic E-state index is 0.818. The third-order valence-electron chi connectivity index (χ3n) is 3.88. The van der Waals surface area contributed by atoms with Gasteiger partial charge in [-0.3, -0.25) is 0 Å². The van der Waals surface area contributed by atoms with Gasteiger partial charge < -0.3 is 9.47 Å². The molecule has 89 valence electrons. The maximum absolute atomic E-state index is 3.38. The first kappa shape index (κ1) is 10.8. The van der Waals surface area contributed by atoms with Gasteiger partial charge in [0.05, 0.1) is 6.20 Å². The van der Waals surface area contributed by atoms with E-state index in [0.29, 0.717) is 0 Å². The summed E-state index contributed by atoms with van der Waals surface area (Å²) in [4.78, 5) is 2.42. The number of piperidine rings is 1. The standard InChI is InChI=1S/C15H19N2/c1-16-9-6-13(7-10-16)12-17-11-8-14-4-2-3-5-15(14)17/h2-5,8,13H,6-7,9-10,12H2,1H3. The van der Waals surface area contributed by atoms with E-state index in [2.05, 4.69) is 53.0 Å². The molecule has 1 aliphatic rings. The van der Waals surface area contributed by atoms with Gasteiger partial charge in [-0.2, -0.15) is 0 Å². The molecule has 1 radical (unpaired) electrons. The van der Waals surface area contributed by atoms with Crippen LogP contribution in [0.5, 0.6) is 0 Å². The van der Waals surface area contributed by atoms with Gasteiger partial charge in [-0.15, -0.1) is 0 Å². The average molecular weight is 227 g/mol. The molecule has 0 saturated carbocycles. The van der Waals surface area contributed by atoms with E-state index in [9.17, 15) is 0 Å². The van der Waals surface area contributed by atoms with Crippen LogP contribution in [0, 0.1) is 12.1 Å². The highest BCUT2D eigenvalue weighted by atomic mass is 15.1. The topological polar surface area (TPSA) is 8.17 Å². The molecule has 2 heteroatoms. The largest absolute Gasteiger partial charge is 0.339 e. The minimum absolute atomic E-state index is 0.818. The first-order chi connectivity index (χ1) is 8.33. The summed E-state index contributed by atoms with van der Waals surface area (Å²) in [5, 5.41) is 1.31. The van der Waals surface area contributed by atoms with Gasteiger partial charge in [-0.05, 0) is 51.0 Å². The summed E-state index contributed by atoms with van der Waals surface area (Å²) >= 11 is 0. The Morgan fingerprint density at radius 2 is 2.00 bits per heavy atom. The Labute approximate surface area is 103 Å². The van der Waals surface area contributed by atoms with Gasteiger partial charge in [0.25, 0.3) is 0 Å². The Morgan fingerprint density at radius 3 is 2.82 bits per heavy atom. The summed E-state index contributed by atoms with van der Waals surface area (Å²) in [7, 11) is 2.22. The molecule has 1 fully saturated rings. The normalized spacial score (nSPS) is 18.9. The van der Waals surface area contributed by atoms with Crippen LogP contribution in [0.25, 0.3) is 10.9 Å². The van der Waals surface area contributed by atoms with Crippen molar-refractivity contribution in [2.24, 2.45) is 5.92 Å². The highest BCUT2D eigenvalue weighted by molar-refractivity contribution is 5.79. The van der Waals surface area contributed by atoms with Crippen molar-refractivity contribution in [2.45, 2.75) is 19.4 Å². The molecule has 0 spiro atoms. The van der Waals surface area contributed by atoms with Gasteiger partial charge in [-0.1, -0.05) is 18.2 Å². The average Bonchev–Trinajstić information content (AvgIpc) is 2.76. The van der Waals surface area contributed by atoms with Crippen molar-refractivity contribution >= 4 is 10.9 Å². The van der Waals surface area contributed by atoms with Gasteiger partial charge in [0, 0.05) is 17.4 Å². The van der Waals surface area contributed by atoms with Crippen LogP contribution in [-0.2, 0) is 6.54 Å². The number of nitrogens with zero attached hydrogens (tertiary/aromatic N) is 2. The highest BCUT2D eigenvalue weighted by Gasteiger charge is 2.17. The number of hydrogen-bond acceptors (Lipinski definition) is 1. The molecular weight excluding hydrogens is 208 g/mol. The van der Waals surface area contributed by atoms with E-state index >= 15 is 0 Å². The molecule has 0 N–H and O–H groups in total. The second-order valence-electron chi connectivity index (χ2n) is 5.19. The lowest BCUT2D eigenvalue weighted by Crippen LogP contribution is -2.31.